The number of terminal acetylenes is 1. The van der Waals surface area contributed by atoms with Crippen LogP contribution in [0.15, 0.2) is 0 Å². The summed E-state index contributed by atoms with van der Waals surface area (Å²) in [5, 5.41) is 2.90. The Labute approximate surface area is 128 Å². The van der Waals surface area contributed by atoms with Crippen LogP contribution < -0.4 is 5.32 Å². The van der Waals surface area contributed by atoms with Crippen LogP contribution in [0, 0.1) is 24.2 Å². The Morgan fingerprint density at radius 1 is 1.29 bits per heavy atom. The van der Waals surface area contributed by atoms with Crippen LogP contribution in [0.5, 0.6) is 0 Å². The first-order valence-electron chi connectivity index (χ1n) is 7.97. The number of rotatable bonds is 6. The first kappa shape index (κ1) is 17.6. The smallest absolute Gasteiger partial charge is 0.247 e. The Hall–Kier alpha value is -1.50. The number of nitrogens with zero attached hydrogens (tertiary/aromatic N) is 1. The minimum absolute atomic E-state index is 0.0287. The lowest BCUT2D eigenvalue weighted by Crippen LogP contribution is -2.68. The number of hydrogen-bond acceptors (Lipinski definition) is 2. The van der Waals surface area contributed by atoms with Gasteiger partial charge < -0.3 is 10.2 Å². The van der Waals surface area contributed by atoms with Gasteiger partial charge in [-0.1, -0.05) is 53.4 Å². The summed E-state index contributed by atoms with van der Waals surface area (Å²) >= 11 is 0. The van der Waals surface area contributed by atoms with Crippen LogP contribution in [0.3, 0.4) is 0 Å². The van der Waals surface area contributed by atoms with E-state index in [2.05, 4.69) is 11.2 Å². The molecule has 0 spiro atoms. The first-order chi connectivity index (χ1) is 9.88. The van der Waals surface area contributed by atoms with Gasteiger partial charge >= 0.3 is 0 Å². The van der Waals surface area contributed by atoms with Crippen LogP contribution in [0.25, 0.3) is 0 Å². The van der Waals surface area contributed by atoms with E-state index in [1.54, 1.807) is 4.90 Å². The van der Waals surface area contributed by atoms with Crippen molar-refractivity contribution < 1.29 is 9.59 Å². The summed E-state index contributed by atoms with van der Waals surface area (Å²) in [6.07, 6.45) is 8.09. The molecule has 0 aromatic heterocycles. The van der Waals surface area contributed by atoms with Crippen LogP contribution in [0.2, 0.25) is 0 Å². The van der Waals surface area contributed by atoms with Gasteiger partial charge in [-0.15, -0.1) is 6.42 Å². The van der Waals surface area contributed by atoms with Gasteiger partial charge in [0, 0.05) is 0 Å². The summed E-state index contributed by atoms with van der Waals surface area (Å²) in [6, 6.07) is -1.22. The Morgan fingerprint density at radius 2 is 1.90 bits per heavy atom. The highest BCUT2D eigenvalue weighted by atomic mass is 16.2. The van der Waals surface area contributed by atoms with E-state index in [0.29, 0.717) is 0 Å². The second-order valence-corrected chi connectivity index (χ2v) is 6.28. The molecule has 4 atom stereocenters. The molecule has 1 N–H and O–H groups in total. The maximum Gasteiger partial charge on any atom is 0.247 e. The maximum atomic E-state index is 12.9. The van der Waals surface area contributed by atoms with E-state index >= 15 is 0 Å². The van der Waals surface area contributed by atoms with E-state index in [-0.39, 0.29) is 29.7 Å². The Balaban J connectivity index is 3.17. The molecule has 1 heterocycles. The maximum absolute atomic E-state index is 12.9. The number of hydrogen-bond donors (Lipinski definition) is 1. The van der Waals surface area contributed by atoms with Gasteiger partial charge in [-0.05, 0) is 18.3 Å². The Kier molecular flexibility index (Phi) is 6.26. The van der Waals surface area contributed by atoms with Crippen molar-refractivity contribution in [2.24, 2.45) is 11.8 Å². The monoisotopic (exact) mass is 292 g/mol. The van der Waals surface area contributed by atoms with Gasteiger partial charge in [0.05, 0.1) is 6.04 Å². The second-order valence-electron chi connectivity index (χ2n) is 6.28. The molecule has 1 fully saturated rings. The van der Waals surface area contributed by atoms with Crippen molar-refractivity contribution in [2.75, 3.05) is 0 Å². The third-order valence-corrected chi connectivity index (χ3v) is 4.32. The van der Waals surface area contributed by atoms with E-state index in [1.165, 1.54) is 0 Å². The largest absolute Gasteiger partial charge is 0.342 e. The van der Waals surface area contributed by atoms with Gasteiger partial charge in [0.15, 0.2) is 0 Å². The molecule has 4 heteroatoms. The molecule has 0 aromatic carbocycles. The highest BCUT2D eigenvalue weighted by Crippen LogP contribution is 2.25. The fourth-order valence-corrected chi connectivity index (χ4v) is 2.89. The summed E-state index contributed by atoms with van der Waals surface area (Å²) in [4.78, 5) is 27.0. The molecule has 0 aliphatic carbocycles. The zero-order valence-electron chi connectivity index (χ0n) is 13.8. The van der Waals surface area contributed by atoms with Gasteiger partial charge in [-0.3, -0.25) is 9.59 Å². The van der Waals surface area contributed by atoms with Gasteiger partial charge in [0.1, 0.15) is 12.1 Å². The van der Waals surface area contributed by atoms with E-state index in [9.17, 15) is 9.59 Å². The van der Waals surface area contributed by atoms with Gasteiger partial charge in [0.2, 0.25) is 11.8 Å². The van der Waals surface area contributed by atoms with Crippen molar-refractivity contribution in [2.45, 2.75) is 72.0 Å². The minimum atomic E-state index is -0.467. The van der Waals surface area contributed by atoms with Crippen molar-refractivity contribution >= 4 is 11.8 Å². The fourth-order valence-electron chi connectivity index (χ4n) is 2.89. The van der Waals surface area contributed by atoms with E-state index in [0.717, 1.165) is 19.3 Å². The lowest BCUT2D eigenvalue weighted by atomic mass is 9.89. The highest BCUT2D eigenvalue weighted by Gasteiger charge is 2.45. The molecule has 1 aliphatic heterocycles. The SMILES string of the molecule is C#CC(CCC)N1C(=O)C(C(C)CC)NC(=O)C1C(C)C. The molecule has 1 rings (SSSR count). The molecular formula is C17H28N2O2. The molecule has 1 aliphatic rings. The predicted molar refractivity (Wildman–Crippen MR) is 84.4 cm³/mol. The van der Waals surface area contributed by atoms with Gasteiger partial charge in [-0.25, -0.2) is 0 Å². The number of piperazine rings is 1. The van der Waals surface area contributed by atoms with Gasteiger partial charge in [0.25, 0.3) is 0 Å². The average Bonchev–Trinajstić information content (AvgIpc) is 2.45. The van der Waals surface area contributed by atoms with E-state index in [4.69, 9.17) is 6.42 Å². The fraction of sp³-hybridized carbons (Fsp3) is 0.765. The number of nitrogens with one attached hydrogen (secondary N) is 1. The van der Waals surface area contributed by atoms with Crippen molar-refractivity contribution in [3.05, 3.63) is 0 Å². The summed E-state index contributed by atoms with van der Waals surface area (Å²) in [7, 11) is 0. The molecule has 0 radical (unpaired) electrons. The molecule has 4 nitrogen and oxygen atoms in total. The van der Waals surface area contributed by atoms with Crippen LogP contribution >= 0.6 is 0 Å². The highest BCUT2D eigenvalue weighted by molar-refractivity contribution is 5.97. The molecule has 0 saturated carbocycles. The van der Waals surface area contributed by atoms with Gasteiger partial charge in [-0.2, -0.15) is 0 Å². The predicted octanol–water partition coefficient (Wildman–Crippen LogP) is 2.19. The lowest BCUT2D eigenvalue weighted by molar-refractivity contribution is -0.154. The molecule has 21 heavy (non-hydrogen) atoms. The summed E-state index contributed by atoms with van der Waals surface area (Å²) in [5.41, 5.74) is 0. The van der Waals surface area contributed by atoms with Crippen LogP contribution in [-0.2, 0) is 9.59 Å². The van der Waals surface area contributed by atoms with Crippen LogP contribution in [0.1, 0.15) is 53.9 Å². The standard InChI is InChI=1S/C17H28N2O2/c1-7-10-13(9-3)19-15(11(4)5)16(20)18-14(17(19)21)12(6)8-2/h3,11-15H,7-8,10H2,1-2,4-6H3,(H,18,20). The topological polar surface area (TPSA) is 49.4 Å². The molecule has 0 aromatic rings. The molecule has 118 valence electrons. The Morgan fingerprint density at radius 3 is 2.33 bits per heavy atom. The summed E-state index contributed by atoms with van der Waals surface area (Å²) in [5.74, 6) is 2.75. The minimum Gasteiger partial charge on any atom is -0.342 e. The second kappa shape index (κ2) is 7.49. The third-order valence-electron chi connectivity index (χ3n) is 4.32. The molecule has 1 saturated heterocycles. The average molecular weight is 292 g/mol. The van der Waals surface area contributed by atoms with Crippen LogP contribution in [-0.4, -0.2) is 34.8 Å². The first-order valence-corrected chi connectivity index (χ1v) is 7.97. The zero-order valence-corrected chi connectivity index (χ0v) is 13.8. The summed E-state index contributed by atoms with van der Waals surface area (Å²) in [6.45, 7) is 9.95. The quantitative estimate of drug-likeness (QED) is 0.763. The third kappa shape index (κ3) is 3.58. The zero-order chi connectivity index (χ0) is 16.2. The van der Waals surface area contributed by atoms with E-state index in [1.807, 2.05) is 34.6 Å². The van der Waals surface area contributed by atoms with Crippen molar-refractivity contribution in [3.8, 4) is 12.3 Å². The molecule has 2 amide bonds. The Bertz CT molecular complexity index is 425. The number of amides is 2. The molecule has 0 bridgehead atoms. The van der Waals surface area contributed by atoms with Crippen molar-refractivity contribution in [3.63, 3.8) is 0 Å². The van der Waals surface area contributed by atoms with Crippen molar-refractivity contribution in [1.29, 1.82) is 0 Å². The summed E-state index contributed by atoms with van der Waals surface area (Å²) < 4.78 is 0. The van der Waals surface area contributed by atoms with E-state index < -0.39 is 12.1 Å². The number of carbonyl (C=O) groups is 2. The lowest BCUT2D eigenvalue weighted by Gasteiger charge is -2.44. The normalized spacial score (nSPS) is 25.5. The van der Waals surface area contributed by atoms with Crippen LogP contribution in [0.4, 0.5) is 0 Å². The number of carbonyl (C=O) groups excluding carboxylic acids is 2. The molecular weight excluding hydrogens is 264 g/mol. The molecule has 4 unspecified atom stereocenters. The van der Waals surface area contributed by atoms with Crippen molar-refractivity contribution in [1.82, 2.24) is 10.2 Å².